The summed E-state index contributed by atoms with van der Waals surface area (Å²) >= 11 is 0. The van der Waals surface area contributed by atoms with Gasteiger partial charge in [0.2, 0.25) is 10.0 Å². The lowest BCUT2D eigenvalue weighted by atomic mass is 10.1. The summed E-state index contributed by atoms with van der Waals surface area (Å²) in [7, 11) is -3.14. The molecule has 0 saturated carbocycles. The van der Waals surface area contributed by atoms with Crippen LogP contribution in [0.5, 0.6) is 0 Å². The van der Waals surface area contributed by atoms with Crippen LogP contribution in [-0.2, 0) is 16.4 Å². The Bertz CT molecular complexity index is 550. The zero-order valence-electron chi connectivity index (χ0n) is 13.7. The molecule has 0 heterocycles. The Morgan fingerprint density at radius 1 is 1.09 bits per heavy atom. The van der Waals surface area contributed by atoms with Gasteiger partial charge in [-0.05, 0) is 25.8 Å². The first-order valence-corrected chi connectivity index (χ1v) is 9.26. The number of benzene rings is 1. The summed E-state index contributed by atoms with van der Waals surface area (Å²) in [6, 6.07) is 10.2. The summed E-state index contributed by atoms with van der Waals surface area (Å²) in [6.07, 6.45) is 0.910. The van der Waals surface area contributed by atoms with Gasteiger partial charge in [0, 0.05) is 19.6 Å². The third kappa shape index (κ3) is 10.5. The molecule has 132 valence electrons. The normalized spacial score (nSPS) is 11.7. The number of nitrogens with zero attached hydrogens (tertiary/aromatic N) is 1. The van der Waals surface area contributed by atoms with Crippen molar-refractivity contribution in [3.63, 3.8) is 0 Å². The first kappa shape index (κ1) is 22.1. The molecule has 0 radical (unpaired) electrons. The van der Waals surface area contributed by atoms with Gasteiger partial charge in [-0.15, -0.1) is 24.0 Å². The largest absolute Gasteiger partial charge is 0.357 e. The molecule has 8 heteroatoms. The Morgan fingerprint density at radius 2 is 1.78 bits per heavy atom. The Kier molecular flexibility index (Phi) is 12.1. The van der Waals surface area contributed by atoms with Crippen molar-refractivity contribution >= 4 is 40.0 Å². The highest BCUT2D eigenvalue weighted by molar-refractivity contribution is 14.0. The standard InChI is InChI=1S/C15H26N4O2S.HI/c1-3-16-15(18-12-13-19-22(20,21)4-2)17-11-10-14-8-6-5-7-9-14;/h5-9,19H,3-4,10-13H2,1-2H3,(H2,16,17,18);1H. The molecule has 3 N–H and O–H groups in total. The number of hydrogen-bond donors (Lipinski definition) is 3. The van der Waals surface area contributed by atoms with Crippen LogP contribution in [0.1, 0.15) is 19.4 Å². The summed E-state index contributed by atoms with van der Waals surface area (Å²) in [6.45, 7) is 5.86. The van der Waals surface area contributed by atoms with Gasteiger partial charge in [-0.2, -0.15) is 0 Å². The van der Waals surface area contributed by atoms with Crippen LogP contribution in [0.3, 0.4) is 0 Å². The molecule has 0 fully saturated rings. The molecule has 0 aliphatic heterocycles. The summed E-state index contributed by atoms with van der Waals surface area (Å²) in [5.41, 5.74) is 1.27. The first-order valence-electron chi connectivity index (χ1n) is 7.61. The Hall–Kier alpha value is -0.870. The lowest BCUT2D eigenvalue weighted by Gasteiger charge is -2.11. The SMILES string of the molecule is CCNC(=NCCNS(=O)(=O)CC)NCCc1ccccc1.I. The minimum absolute atomic E-state index is 0. The fraction of sp³-hybridized carbons (Fsp3) is 0.533. The number of rotatable bonds is 9. The van der Waals surface area contributed by atoms with Gasteiger partial charge in [-0.25, -0.2) is 13.1 Å². The molecule has 0 unspecified atom stereocenters. The van der Waals surface area contributed by atoms with Crippen molar-refractivity contribution in [2.75, 3.05) is 31.9 Å². The molecule has 1 aromatic rings. The van der Waals surface area contributed by atoms with E-state index in [-0.39, 0.29) is 29.7 Å². The van der Waals surface area contributed by atoms with Crippen molar-refractivity contribution in [1.29, 1.82) is 0 Å². The second-order valence-corrected chi connectivity index (χ2v) is 6.82. The van der Waals surface area contributed by atoms with Gasteiger partial charge in [0.05, 0.1) is 12.3 Å². The summed E-state index contributed by atoms with van der Waals surface area (Å²) < 4.78 is 25.1. The molecule has 0 aliphatic carbocycles. The number of guanidine groups is 1. The minimum Gasteiger partial charge on any atom is -0.357 e. The van der Waals surface area contributed by atoms with Crippen LogP contribution in [0.4, 0.5) is 0 Å². The molecule has 0 spiro atoms. The second-order valence-electron chi connectivity index (χ2n) is 4.72. The summed E-state index contributed by atoms with van der Waals surface area (Å²) in [5, 5.41) is 6.38. The van der Waals surface area contributed by atoms with Crippen LogP contribution < -0.4 is 15.4 Å². The van der Waals surface area contributed by atoms with Crippen molar-refractivity contribution in [1.82, 2.24) is 15.4 Å². The van der Waals surface area contributed by atoms with E-state index in [0.717, 1.165) is 19.5 Å². The Balaban J connectivity index is 0.00000484. The molecule has 0 aliphatic rings. The van der Waals surface area contributed by atoms with Gasteiger partial charge < -0.3 is 10.6 Å². The topological polar surface area (TPSA) is 82.6 Å². The smallest absolute Gasteiger partial charge is 0.211 e. The van der Waals surface area contributed by atoms with E-state index in [1.54, 1.807) is 6.92 Å². The molecule has 0 aromatic heterocycles. The molecular formula is C15H27IN4O2S. The van der Waals surface area contributed by atoms with E-state index in [9.17, 15) is 8.42 Å². The average molecular weight is 454 g/mol. The van der Waals surface area contributed by atoms with E-state index in [1.165, 1.54) is 5.56 Å². The van der Waals surface area contributed by atoms with Crippen molar-refractivity contribution < 1.29 is 8.42 Å². The van der Waals surface area contributed by atoms with E-state index < -0.39 is 10.0 Å². The fourth-order valence-electron chi connectivity index (χ4n) is 1.78. The molecule has 0 atom stereocenters. The molecule has 1 aromatic carbocycles. The van der Waals surface area contributed by atoms with Crippen molar-refractivity contribution in [3.05, 3.63) is 35.9 Å². The van der Waals surface area contributed by atoms with Gasteiger partial charge in [0.15, 0.2) is 5.96 Å². The van der Waals surface area contributed by atoms with Crippen molar-refractivity contribution in [2.45, 2.75) is 20.3 Å². The van der Waals surface area contributed by atoms with Gasteiger partial charge in [0.25, 0.3) is 0 Å². The predicted molar refractivity (Wildman–Crippen MR) is 107 cm³/mol. The monoisotopic (exact) mass is 454 g/mol. The molecular weight excluding hydrogens is 427 g/mol. The van der Waals surface area contributed by atoms with Crippen LogP contribution in [-0.4, -0.2) is 46.3 Å². The highest BCUT2D eigenvalue weighted by atomic mass is 127. The second kappa shape index (κ2) is 12.5. The third-order valence-electron chi connectivity index (χ3n) is 2.98. The number of hydrogen-bond acceptors (Lipinski definition) is 3. The minimum atomic E-state index is -3.14. The highest BCUT2D eigenvalue weighted by Crippen LogP contribution is 1.97. The van der Waals surface area contributed by atoms with Crippen LogP contribution in [0.25, 0.3) is 0 Å². The van der Waals surface area contributed by atoms with Crippen LogP contribution >= 0.6 is 24.0 Å². The highest BCUT2D eigenvalue weighted by Gasteiger charge is 2.04. The Labute approximate surface area is 156 Å². The lowest BCUT2D eigenvalue weighted by molar-refractivity contribution is 0.583. The van der Waals surface area contributed by atoms with Crippen molar-refractivity contribution in [3.8, 4) is 0 Å². The van der Waals surface area contributed by atoms with Gasteiger partial charge >= 0.3 is 0 Å². The van der Waals surface area contributed by atoms with E-state index in [0.29, 0.717) is 19.0 Å². The van der Waals surface area contributed by atoms with Crippen molar-refractivity contribution in [2.24, 2.45) is 4.99 Å². The first-order chi connectivity index (χ1) is 10.6. The van der Waals surface area contributed by atoms with E-state index in [1.807, 2.05) is 25.1 Å². The van der Waals surface area contributed by atoms with E-state index in [4.69, 9.17) is 0 Å². The predicted octanol–water partition coefficient (Wildman–Crippen LogP) is 1.34. The zero-order chi connectivity index (χ0) is 16.3. The molecule has 1 rings (SSSR count). The maximum atomic E-state index is 11.3. The number of sulfonamides is 1. The number of nitrogens with one attached hydrogen (secondary N) is 3. The summed E-state index contributed by atoms with van der Waals surface area (Å²) in [4.78, 5) is 4.35. The maximum Gasteiger partial charge on any atom is 0.211 e. The molecule has 23 heavy (non-hydrogen) atoms. The summed E-state index contributed by atoms with van der Waals surface area (Å²) in [5.74, 6) is 0.792. The maximum absolute atomic E-state index is 11.3. The van der Waals surface area contributed by atoms with E-state index in [2.05, 4.69) is 32.5 Å². The number of halogens is 1. The van der Waals surface area contributed by atoms with Crippen LogP contribution in [0, 0.1) is 0 Å². The Morgan fingerprint density at radius 3 is 2.39 bits per heavy atom. The molecule has 0 amide bonds. The van der Waals surface area contributed by atoms with Gasteiger partial charge in [-0.1, -0.05) is 30.3 Å². The van der Waals surface area contributed by atoms with E-state index >= 15 is 0 Å². The van der Waals surface area contributed by atoms with Crippen LogP contribution in [0.2, 0.25) is 0 Å². The molecule has 0 bridgehead atoms. The average Bonchev–Trinajstić information content (AvgIpc) is 2.52. The molecule has 6 nitrogen and oxygen atoms in total. The quantitative estimate of drug-likeness (QED) is 0.228. The molecule has 0 saturated heterocycles. The lowest BCUT2D eigenvalue weighted by Crippen LogP contribution is -2.39. The van der Waals surface area contributed by atoms with Gasteiger partial charge in [0.1, 0.15) is 0 Å². The third-order valence-corrected chi connectivity index (χ3v) is 4.38. The number of aliphatic imine (C=N–C) groups is 1. The fourth-order valence-corrected chi connectivity index (χ4v) is 2.39. The zero-order valence-corrected chi connectivity index (χ0v) is 16.9. The van der Waals surface area contributed by atoms with Gasteiger partial charge in [-0.3, -0.25) is 4.99 Å². The van der Waals surface area contributed by atoms with Crippen LogP contribution in [0.15, 0.2) is 35.3 Å².